The number of hydrogen-bond acceptors (Lipinski definition) is 2. The van der Waals surface area contributed by atoms with Crippen molar-refractivity contribution in [3.63, 3.8) is 0 Å². The third-order valence-electron chi connectivity index (χ3n) is 3.06. The number of carbonyl (C=O) groups excluding carboxylic acids is 1. The third-order valence-corrected chi connectivity index (χ3v) is 3.35. The Bertz CT molecular complexity index is 799. The van der Waals surface area contributed by atoms with Crippen LogP contribution in [-0.4, -0.2) is 15.6 Å². The van der Waals surface area contributed by atoms with E-state index < -0.39 is 5.82 Å². The monoisotopic (exact) mass is 300 g/mol. The van der Waals surface area contributed by atoms with Crippen LogP contribution >= 0.6 is 11.6 Å². The molecule has 0 saturated carbocycles. The van der Waals surface area contributed by atoms with Gasteiger partial charge in [0.1, 0.15) is 11.5 Å². The molecule has 1 aromatic heterocycles. The molecule has 0 radical (unpaired) electrons. The van der Waals surface area contributed by atoms with Crippen molar-refractivity contribution < 1.29 is 9.18 Å². The third kappa shape index (κ3) is 2.58. The zero-order valence-corrected chi connectivity index (χ0v) is 11.6. The molecule has 21 heavy (non-hydrogen) atoms. The number of nitrogens with zero attached hydrogens (tertiary/aromatic N) is 2. The van der Waals surface area contributed by atoms with Gasteiger partial charge in [0.2, 0.25) is 5.78 Å². The van der Waals surface area contributed by atoms with Gasteiger partial charge in [-0.1, -0.05) is 29.8 Å². The van der Waals surface area contributed by atoms with E-state index in [4.69, 9.17) is 11.6 Å². The lowest BCUT2D eigenvalue weighted by Gasteiger charge is -2.07. The normalized spacial score (nSPS) is 10.6. The summed E-state index contributed by atoms with van der Waals surface area (Å²) in [5.74, 6) is -0.817. The van der Waals surface area contributed by atoms with Crippen LogP contribution in [-0.2, 0) is 0 Å². The fourth-order valence-electron chi connectivity index (χ4n) is 2.04. The molecule has 3 nitrogen and oxygen atoms in total. The van der Waals surface area contributed by atoms with Crippen molar-refractivity contribution in [1.29, 1.82) is 0 Å². The number of rotatable bonds is 3. The number of carbonyl (C=O) groups is 1. The van der Waals surface area contributed by atoms with Crippen LogP contribution in [0.3, 0.4) is 0 Å². The standard InChI is InChI=1S/C16H10ClFN2O/c17-13-10-11(6-7-14(13)18)16(21)15-8-9-19-20(15)12-4-2-1-3-5-12/h1-10H. The molecule has 0 saturated heterocycles. The van der Waals surface area contributed by atoms with Gasteiger partial charge in [0.25, 0.3) is 0 Å². The lowest BCUT2D eigenvalue weighted by molar-refractivity contribution is 0.103. The highest BCUT2D eigenvalue weighted by molar-refractivity contribution is 6.31. The lowest BCUT2D eigenvalue weighted by Crippen LogP contribution is -2.10. The van der Waals surface area contributed by atoms with Crippen LogP contribution in [0.1, 0.15) is 16.1 Å². The molecule has 0 bridgehead atoms. The first-order chi connectivity index (χ1) is 10.2. The van der Waals surface area contributed by atoms with Crippen LogP contribution in [0.15, 0.2) is 60.8 Å². The largest absolute Gasteiger partial charge is 0.287 e. The summed E-state index contributed by atoms with van der Waals surface area (Å²) in [7, 11) is 0. The predicted molar refractivity (Wildman–Crippen MR) is 78.4 cm³/mol. The average Bonchev–Trinajstić information content (AvgIpc) is 2.99. The summed E-state index contributed by atoms with van der Waals surface area (Å²) in [5, 5.41) is 4.08. The van der Waals surface area contributed by atoms with Gasteiger partial charge in [0, 0.05) is 5.56 Å². The number of benzene rings is 2. The Morgan fingerprint density at radius 1 is 1.10 bits per heavy atom. The topological polar surface area (TPSA) is 34.9 Å². The molecule has 5 heteroatoms. The molecule has 104 valence electrons. The van der Waals surface area contributed by atoms with Gasteiger partial charge in [0.15, 0.2) is 0 Å². The number of halogens is 2. The number of ketones is 1. The molecule has 0 aliphatic rings. The van der Waals surface area contributed by atoms with Crippen molar-refractivity contribution in [3.05, 3.63) is 82.9 Å². The maximum atomic E-state index is 13.2. The summed E-state index contributed by atoms with van der Waals surface area (Å²) < 4.78 is 14.7. The van der Waals surface area contributed by atoms with E-state index in [1.807, 2.05) is 30.3 Å². The van der Waals surface area contributed by atoms with Gasteiger partial charge in [-0.05, 0) is 36.4 Å². The van der Waals surface area contributed by atoms with E-state index in [0.717, 1.165) is 5.69 Å². The van der Waals surface area contributed by atoms with Gasteiger partial charge in [-0.3, -0.25) is 4.79 Å². The van der Waals surface area contributed by atoms with Crippen molar-refractivity contribution >= 4 is 17.4 Å². The second-order valence-corrected chi connectivity index (χ2v) is 4.83. The van der Waals surface area contributed by atoms with Gasteiger partial charge < -0.3 is 0 Å². The summed E-state index contributed by atoms with van der Waals surface area (Å²) >= 11 is 5.73. The number of hydrogen-bond donors (Lipinski definition) is 0. The Hall–Kier alpha value is -2.46. The fourth-order valence-corrected chi connectivity index (χ4v) is 2.22. The van der Waals surface area contributed by atoms with Gasteiger partial charge in [0.05, 0.1) is 16.9 Å². The highest BCUT2D eigenvalue weighted by atomic mass is 35.5. The fraction of sp³-hybridized carbons (Fsp3) is 0. The Labute approximate surface area is 125 Å². The molecule has 0 amide bonds. The molecule has 0 spiro atoms. The molecule has 0 aliphatic heterocycles. The molecule has 3 rings (SSSR count). The Morgan fingerprint density at radius 2 is 1.86 bits per heavy atom. The van der Waals surface area contributed by atoms with Crippen molar-refractivity contribution in [1.82, 2.24) is 9.78 Å². The van der Waals surface area contributed by atoms with E-state index >= 15 is 0 Å². The molecule has 0 aliphatic carbocycles. The smallest absolute Gasteiger partial charge is 0.211 e. The molecule has 3 aromatic rings. The minimum Gasteiger partial charge on any atom is -0.287 e. The Kier molecular flexibility index (Phi) is 3.54. The van der Waals surface area contributed by atoms with Crippen LogP contribution in [0.25, 0.3) is 5.69 Å². The molecular weight excluding hydrogens is 291 g/mol. The van der Waals surface area contributed by atoms with Crippen molar-refractivity contribution in [2.24, 2.45) is 0 Å². The maximum Gasteiger partial charge on any atom is 0.211 e. The maximum absolute atomic E-state index is 13.2. The first-order valence-electron chi connectivity index (χ1n) is 6.26. The number of para-hydroxylation sites is 1. The van der Waals surface area contributed by atoms with E-state index in [2.05, 4.69) is 5.10 Å². The first kappa shape index (κ1) is 13.5. The molecule has 0 N–H and O–H groups in total. The Morgan fingerprint density at radius 3 is 2.57 bits per heavy atom. The molecule has 1 heterocycles. The van der Waals surface area contributed by atoms with Gasteiger partial charge in [-0.2, -0.15) is 5.10 Å². The van der Waals surface area contributed by atoms with Crippen LogP contribution in [0.2, 0.25) is 5.02 Å². The molecule has 0 unspecified atom stereocenters. The minimum atomic E-state index is -0.551. The average molecular weight is 301 g/mol. The van der Waals surface area contributed by atoms with Crippen LogP contribution < -0.4 is 0 Å². The van der Waals surface area contributed by atoms with Gasteiger partial charge >= 0.3 is 0 Å². The van der Waals surface area contributed by atoms with E-state index in [1.54, 1.807) is 16.9 Å². The molecule has 0 fully saturated rings. The SMILES string of the molecule is O=C(c1ccc(F)c(Cl)c1)c1ccnn1-c1ccccc1. The second kappa shape index (κ2) is 5.50. The van der Waals surface area contributed by atoms with Crippen LogP contribution in [0.4, 0.5) is 4.39 Å². The number of aromatic nitrogens is 2. The summed E-state index contributed by atoms with van der Waals surface area (Å²) in [6, 6.07) is 14.8. The lowest BCUT2D eigenvalue weighted by atomic mass is 10.1. The zero-order chi connectivity index (χ0) is 14.8. The first-order valence-corrected chi connectivity index (χ1v) is 6.64. The van der Waals surface area contributed by atoms with E-state index in [9.17, 15) is 9.18 Å². The molecular formula is C16H10ClFN2O. The van der Waals surface area contributed by atoms with Crippen molar-refractivity contribution in [2.45, 2.75) is 0 Å². The summed E-state index contributed by atoms with van der Waals surface area (Å²) in [4.78, 5) is 12.5. The van der Waals surface area contributed by atoms with Crippen LogP contribution in [0, 0.1) is 5.82 Å². The highest BCUT2D eigenvalue weighted by Gasteiger charge is 2.16. The summed E-state index contributed by atoms with van der Waals surface area (Å²) in [6.07, 6.45) is 1.55. The van der Waals surface area contributed by atoms with E-state index in [-0.39, 0.29) is 10.8 Å². The van der Waals surface area contributed by atoms with Crippen molar-refractivity contribution in [3.8, 4) is 5.69 Å². The van der Waals surface area contributed by atoms with Crippen LogP contribution in [0.5, 0.6) is 0 Å². The quantitative estimate of drug-likeness (QED) is 0.688. The van der Waals surface area contributed by atoms with E-state index in [1.165, 1.54) is 18.2 Å². The molecule has 0 atom stereocenters. The zero-order valence-electron chi connectivity index (χ0n) is 10.8. The van der Waals surface area contributed by atoms with Gasteiger partial charge in [-0.25, -0.2) is 9.07 Å². The summed E-state index contributed by atoms with van der Waals surface area (Å²) in [5.41, 5.74) is 1.49. The Balaban J connectivity index is 2.03. The predicted octanol–water partition coefficient (Wildman–Crippen LogP) is 3.90. The minimum absolute atomic E-state index is 0.0772. The van der Waals surface area contributed by atoms with E-state index in [0.29, 0.717) is 11.3 Å². The van der Waals surface area contributed by atoms with Crippen molar-refractivity contribution in [2.75, 3.05) is 0 Å². The second-order valence-electron chi connectivity index (χ2n) is 4.42. The highest BCUT2D eigenvalue weighted by Crippen LogP contribution is 2.19. The summed E-state index contributed by atoms with van der Waals surface area (Å²) in [6.45, 7) is 0. The molecule has 2 aromatic carbocycles. The van der Waals surface area contributed by atoms with Gasteiger partial charge in [-0.15, -0.1) is 0 Å².